The zero-order valence-electron chi connectivity index (χ0n) is 15.5. The van der Waals surface area contributed by atoms with Crippen molar-refractivity contribution in [2.45, 2.75) is 58.9 Å². The first-order valence-electron chi connectivity index (χ1n) is 8.77. The number of nitrogens with zero attached hydrogens (tertiary/aromatic N) is 3. The summed E-state index contributed by atoms with van der Waals surface area (Å²) >= 11 is 0. The van der Waals surface area contributed by atoms with E-state index in [-0.39, 0.29) is 11.4 Å². The van der Waals surface area contributed by atoms with Crippen LogP contribution in [0.15, 0.2) is 6.07 Å². The number of rotatable bonds is 5. The summed E-state index contributed by atoms with van der Waals surface area (Å²) < 4.78 is 1.68. The molecule has 5 heteroatoms. The van der Waals surface area contributed by atoms with Gasteiger partial charge in [0.25, 0.3) is 5.91 Å². The number of carbonyl (C=O) groups is 1. The van der Waals surface area contributed by atoms with Gasteiger partial charge in [0.1, 0.15) is 5.69 Å². The molecule has 2 rings (SSSR count). The number of hydrogen-bond donors (Lipinski definition) is 1. The molecule has 1 unspecified atom stereocenters. The summed E-state index contributed by atoms with van der Waals surface area (Å²) in [6.07, 6.45) is 2.57. The van der Waals surface area contributed by atoms with Gasteiger partial charge >= 0.3 is 0 Å². The number of amides is 1. The fourth-order valence-corrected chi connectivity index (χ4v) is 3.38. The number of aromatic nitrogens is 2. The van der Waals surface area contributed by atoms with Crippen LogP contribution in [0, 0.1) is 5.92 Å². The Morgan fingerprint density at radius 2 is 2.17 bits per heavy atom. The molecule has 1 fully saturated rings. The summed E-state index contributed by atoms with van der Waals surface area (Å²) in [6.45, 7) is 13.8. The van der Waals surface area contributed by atoms with Gasteiger partial charge in [0.15, 0.2) is 0 Å². The highest BCUT2D eigenvalue weighted by Gasteiger charge is 2.28. The smallest absolute Gasteiger partial charge is 0.270 e. The van der Waals surface area contributed by atoms with Crippen LogP contribution >= 0.6 is 0 Å². The summed E-state index contributed by atoms with van der Waals surface area (Å²) in [5.41, 5.74) is 1.34. The number of nitrogens with one attached hydrogen (secondary N) is 1. The molecule has 0 spiro atoms. The molecule has 0 radical (unpaired) electrons. The molecule has 130 valence electrons. The topological polar surface area (TPSA) is 50.2 Å². The number of hydrogen-bond acceptors (Lipinski definition) is 3. The van der Waals surface area contributed by atoms with Gasteiger partial charge in [-0.3, -0.25) is 9.48 Å². The van der Waals surface area contributed by atoms with Crippen LogP contribution < -0.4 is 5.32 Å². The SMILES string of the molecule is CC1CCCN(CC(C)(C)NC(=O)c2cc(C(C)C)nn2C)C1. The maximum absolute atomic E-state index is 12.6. The molecule has 1 saturated heterocycles. The maximum Gasteiger partial charge on any atom is 0.270 e. The van der Waals surface area contributed by atoms with E-state index in [9.17, 15) is 4.79 Å². The van der Waals surface area contributed by atoms with Crippen LogP contribution in [0.4, 0.5) is 0 Å². The molecule has 1 atom stereocenters. The average Bonchev–Trinajstić information content (AvgIpc) is 2.80. The van der Waals surface area contributed by atoms with Crippen LogP contribution in [-0.4, -0.2) is 45.8 Å². The van der Waals surface area contributed by atoms with Crippen LogP contribution in [0.2, 0.25) is 0 Å². The number of aryl methyl sites for hydroxylation is 1. The highest BCUT2D eigenvalue weighted by molar-refractivity contribution is 5.93. The van der Waals surface area contributed by atoms with E-state index in [0.29, 0.717) is 11.6 Å². The molecule has 2 heterocycles. The minimum absolute atomic E-state index is 0.0399. The third-order valence-corrected chi connectivity index (χ3v) is 4.53. The molecule has 0 aliphatic carbocycles. The Morgan fingerprint density at radius 1 is 1.48 bits per heavy atom. The highest BCUT2D eigenvalue weighted by atomic mass is 16.2. The number of likely N-dealkylation sites (tertiary alicyclic amines) is 1. The summed E-state index contributed by atoms with van der Waals surface area (Å²) in [6, 6.07) is 1.90. The van der Waals surface area contributed by atoms with E-state index >= 15 is 0 Å². The van der Waals surface area contributed by atoms with E-state index in [1.54, 1.807) is 4.68 Å². The second-order valence-electron chi connectivity index (χ2n) is 8.05. The van der Waals surface area contributed by atoms with Gasteiger partial charge in [-0.25, -0.2) is 0 Å². The molecule has 23 heavy (non-hydrogen) atoms. The van der Waals surface area contributed by atoms with E-state index < -0.39 is 0 Å². The van der Waals surface area contributed by atoms with Crippen molar-refractivity contribution < 1.29 is 4.79 Å². The van der Waals surface area contributed by atoms with Crippen molar-refractivity contribution in [3.05, 3.63) is 17.5 Å². The standard InChI is InChI=1S/C18H32N4O/c1-13(2)15-10-16(21(6)20-15)17(23)19-18(4,5)12-22-9-7-8-14(3)11-22/h10,13-14H,7-9,11-12H2,1-6H3,(H,19,23). The number of carbonyl (C=O) groups excluding carboxylic acids is 1. The highest BCUT2D eigenvalue weighted by Crippen LogP contribution is 2.19. The monoisotopic (exact) mass is 320 g/mol. The molecule has 0 saturated carbocycles. The van der Waals surface area contributed by atoms with Crippen molar-refractivity contribution in [2.75, 3.05) is 19.6 Å². The Kier molecular flexibility index (Phi) is 5.50. The van der Waals surface area contributed by atoms with Gasteiger partial charge in [-0.15, -0.1) is 0 Å². The van der Waals surface area contributed by atoms with Crippen molar-refractivity contribution in [2.24, 2.45) is 13.0 Å². The minimum Gasteiger partial charge on any atom is -0.345 e. The van der Waals surface area contributed by atoms with Gasteiger partial charge in [-0.05, 0) is 51.1 Å². The average molecular weight is 320 g/mol. The van der Waals surface area contributed by atoms with Gasteiger partial charge in [-0.2, -0.15) is 5.10 Å². The molecule has 1 aromatic rings. The van der Waals surface area contributed by atoms with Crippen LogP contribution in [0.1, 0.15) is 69.6 Å². The molecular formula is C18H32N4O. The van der Waals surface area contributed by atoms with Crippen LogP contribution in [-0.2, 0) is 7.05 Å². The Hall–Kier alpha value is -1.36. The fourth-order valence-electron chi connectivity index (χ4n) is 3.38. The molecule has 1 aromatic heterocycles. The van der Waals surface area contributed by atoms with Gasteiger partial charge in [0.05, 0.1) is 5.69 Å². The van der Waals surface area contributed by atoms with Crippen molar-refractivity contribution in [1.29, 1.82) is 0 Å². The predicted octanol–water partition coefficient (Wildman–Crippen LogP) is 2.78. The Labute approximate surface area is 140 Å². The first-order chi connectivity index (χ1) is 10.7. The summed E-state index contributed by atoms with van der Waals surface area (Å²) in [5, 5.41) is 7.62. The van der Waals surface area contributed by atoms with Crippen molar-refractivity contribution in [3.63, 3.8) is 0 Å². The van der Waals surface area contributed by atoms with Crippen molar-refractivity contribution in [1.82, 2.24) is 20.0 Å². The van der Waals surface area contributed by atoms with E-state index in [4.69, 9.17) is 0 Å². The molecule has 0 bridgehead atoms. The summed E-state index contributed by atoms with van der Waals surface area (Å²) in [7, 11) is 1.83. The zero-order valence-corrected chi connectivity index (χ0v) is 15.5. The lowest BCUT2D eigenvalue weighted by Crippen LogP contribution is -2.53. The minimum atomic E-state index is -0.254. The van der Waals surface area contributed by atoms with Crippen LogP contribution in [0.25, 0.3) is 0 Å². The van der Waals surface area contributed by atoms with Crippen LogP contribution in [0.5, 0.6) is 0 Å². The molecule has 0 aromatic carbocycles. The Morgan fingerprint density at radius 3 is 2.74 bits per heavy atom. The first-order valence-corrected chi connectivity index (χ1v) is 8.77. The van der Waals surface area contributed by atoms with Gasteiger partial charge in [0, 0.05) is 25.7 Å². The normalized spacial score (nSPS) is 20.0. The molecule has 1 amide bonds. The van der Waals surface area contributed by atoms with E-state index in [1.807, 2.05) is 13.1 Å². The molecule has 1 aliphatic heterocycles. The Bertz CT molecular complexity index is 547. The van der Waals surface area contributed by atoms with Gasteiger partial charge < -0.3 is 10.2 Å². The maximum atomic E-state index is 12.6. The Balaban J connectivity index is 2.00. The second-order valence-corrected chi connectivity index (χ2v) is 8.05. The quantitative estimate of drug-likeness (QED) is 0.907. The van der Waals surface area contributed by atoms with Gasteiger partial charge in [0.2, 0.25) is 0 Å². The van der Waals surface area contributed by atoms with Gasteiger partial charge in [-0.1, -0.05) is 20.8 Å². The third-order valence-electron chi connectivity index (χ3n) is 4.53. The van der Waals surface area contributed by atoms with Crippen LogP contribution in [0.3, 0.4) is 0 Å². The second kappa shape index (κ2) is 7.04. The molecule has 5 nitrogen and oxygen atoms in total. The molecular weight excluding hydrogens is 288 g/mol. The number of piperidine rings is 1. The predicted molar refractivity (Wildman–Crippen MR) is 93.7 cm³/mol. The lowest BCUT2D eigenvalue weighted by atomic mass is 9.97. The lowest BCUT2D eigenvalue weighted by molar-refractivity contribution is 0.0854. The van der Waals surface area contributed by atoms with E-state index in [2.05, 4.69) is 49.9 Å². The molecule has 1 N–H and O–H groups in total. The van der Waals surface area contributed by atoms with E-state index in [0.717, 1.165) is 31.2 Å². The largest absolute Gasteiger partial charge is 0.345 e. The molecule has 1 aliphatic rings. The van der Waals surface area contributed by atoms with E-state index in [1.165, 1.54) is 12.8 Å². The van der Waals surface area contributed by atoms with Crippen molar-refractivity contribution in [3.8, 4) is 0 Å². The fraction of sp³-hybridized carbons (Fsp3) is 0.778. The zero-order chi connectivity index (χ0) is 17.2. The summed E-state index contributed by atoms with van der Waals surface area (Å²) in [4.78, 5) is 15.1. The third kappa shape index (κ3) is 4.80. The summed E-state index contributed by atoms with van der Waals surface area (Å²) in [5.74, 6) is 1.04. The van der Waals surface area contributed by atoms with Crippen molar-refractivity contribution >= 4 is 5.91 Å². The lowest BCUT2D eigenvalue weighted by Gasteiger charge is -2.37. The first kappa shape index (κ1) is 18.0.